The minimum atomic E-state index is -1.12. The van der Waals surface area contributed by atoms with Crippen molar-refractivity contribution < 1.29 is 19.5 Å². The summed E-state index contributed by atoms with van der Waals surface area (Å²) in [6.45, 7) is 4.81. The number of hydrogen-bond acceptors (Lipinski definition) is 4. The third-order valence-corrected chi connectivity index (χ3v) is 3.13. The quantitative estimate of drug-likeness (QED) is 0.688. The number of rotatable bonds is 6. The fraction of sp³-hybridized carbons (Fsp3) is 0.250. The molecule has 1 unspecified atom stereocenters. The van der Waals surface area contributed by atoms with Crippen molar-refractivity contribution in [1.82, 2.24) is 5.32 Å². The van der Waals surface area contributed by atoms with E-state index in [2.05, 4.69) is 17.2 Å². The summed E-state index contributed by atoms with van der Waals surface area (Å²) in [5.74, 6) is -1.84. The van der Waals surface area contributed by atoms with E-state index in [0.717, 1.165) is 11.3 Å². The summed E-state index contributed by atoms with van der Waals surface area (Å²) in [5.41, 5.74) is 0. The van der Waals surface area contributed by atoms with Crippen LogP contribution in [0.5, 0.6) is 0 Å². The molecule has 0 radical (unpaired) electrons. The molecule has 6 nitrogen and oxygen atoms in total. The van der Waals surface area contributed by atoms with Gasteiger partial charge in [-0.15, -0.1) is 17.9 Å². The van der Waals surface area contributed by atoms with E-state index in [9.17, 15) is 14.4 Å². The standard InChI is InChI=1S/C12H14N2O4S/c1-3-4-8(12(17)18)14-11(16)9-5-6-10(19-9)13-7(2)15/h3,5-6,8H,1,4H2,2H3,(H,13,15)(H,14,16)(H,17,18). The van der Waals surface area contributed by atoms with E-state index < -0.39 is 17.9 Å². The van der Waals surface area contributed by atoms with E-state index in [1.165, 1.54) is 19.1 Å². The molecule has 0 bridgehead atoms. The van der Waals surface area contributed by atoms with Crippen LogP contribution in [-0.4, -0.2) is 28.9 Å². The van der Waals surface area contributed by atoms with E-state index >= 15 is 0 Å². The van der Waals surface area contributed by atoms with E-state index in [0.29, 0.717) is 9.88 Å². The van der Waals surface area contributed by atoms with Crippen LogP contribution in [0.1, 0.15) is 23.0 Å². The second-order valence-corrected chi connectivity index (χ2v) is 4.82. The number of carbonyl (C=O) groups is 3. The highest BCUT2D eigenvalue weighted by Crippen LogP contribution is 2.21. The molecule has 0 aliphatic heterocycles. The normalized spacial score (nSPS) is 11.4. The van der Waals surface area contributed by atoms with Crippen molar-refractivity contribution in [2.75, 3.05) is 5.32 Å². The second kappa shape index (κ2) is 6.69. The number of carboxylic acid groups (broad SMARTS) is 1. The third-order valence-electron chi connectivity index (χ3n) is 2.13. The van der Waals surface area contributed by atoms with Crippen molar-refractivity contribution >= 4 is 34.1 Å². The Bertz CT molecular complexity index is 510. The van der Waals surface area contributed by atoms with Crippen molar-refractivity contribution in [3.05, 3.63) is 29.7 Å². The Morgan fingerprint density at radius 3 is 2.68 bits per heavy atom. The lowest BCUT2D eigenvalue weighted by atomic mass is 10.2. The van der Waals surface area contributed by atoms with Crippen molar-refractivity contribution in [3.63, 3.8) is 0 Å². The van der Waals surface area contributed by atoms with Gasteiger partial charge in [-0.2, -0.15) is 0 Å². The Labute approximate surface area is 114 Å². The minimum absolute atomic E-state index is 0.144. The Balaban J connectivity index is 2.71. The number of hydrogen-bond donors (Lipinski definition) is 3. The van der Waals surface area contributed by atoms with Crippen LogP contribution < -0.4 is 10.6 Å². The highest BCUT2D eigenvalue weighted by atomic mass is 32.1. The summed E-state index contributed by atoms with van der Waals surface area (Å²) < 4.78 is 0. The molecule has 1 rings (SSSR count). The fourth-order valence-corrected chi connectivity index (χ4v) is 2.17. The zero-order valence-corrected chi connectivity index (χ0v) is 11.1. The summed E-state index contributed by atoms with van der Waals surface area (Å²) >= 11 is 1.08. The van der Waals surface area contributed by atoms with Crippen LogP contribution in [-0.2, 0) is 9.59 Å². The zero-order chi connectivity index (χ0) is 14.4. The fourth-order valence-electron chi connectivity index (χ4n) is 1.32. The smallest absolute Gasteiger partial charge is 0.326 e. The highest BCUT2D eigenvalue weighted by molar-refractivity contribution is 7.18. The minimum Gasteiger partial charge on any atom is -0.480 e. The molecular formula is C12H14N2O4S. The van der Waals surface area contributed by atoms with Crippen molar-refractivity contribution in [3.8, 4) is 0 Å². The molecule has 1 heterocycles. The molecule has 1 atom stereocenters. The predicted octanol–water partition coefficient (Wildman–Crippen LogP) is 1.47. The molecule has 1 aromatic rings. The summed E-state index contributed by atoms with van der Waals surface area (Å²) in [4.78, 5) is 33.9. The van der Waals surface area contributed by atoms with Gasteiger partial charge in [0.1, 0.15) is 6.04 Å². The van der Waals surface area contributed by atoms with E-state index in [1.54, 1.807) is 6.07 Å². The summed E-state index contributed by atoms with van der Waals surface area (Å²) in [5, 5.41) is 14.4. The lowest BCUT2D eigenvalue weighted by Crippen LogP contribution is -2.40. The van der Waals surface area contributed by atoms with Crippen LogP contribution in [0.15, 0.2) is 24.8 Å². The first-order chi connectivity index (χ1) is 8.93. The van der Waals surface area contributed by atoms with Gasteiger partial charge in [0.15, 0.2) is 0 Å². The monoisotopic (exact) mass is 282 g/mol. The van der Waals surface area contributed by atoms with Crippen molar-refractivity contribution in [2.45, 2.75) is 19.4 Å². The number of carbonyl (C=O) groups excluding carboxylic acids is 2. The predicted molar refractivity (Wildman–Crippen MR) is 72.3 cm³/mol. The van der Waals surface area contributed by atoms with Gasteiger partial charge in [-0.3, -0.25) is 9.59 Å². The summed E-state index contributed by atoms with van der Waals surface area (Å²) in [6.07, 6.45) is 1.57. The van der Waals surface area contributed by atoms with E-state index in [4.69, 9.17) is 5.11 Å². The Morgan fingerprint density at radius 2 is 2.16 bits per heavy atom. The molecule has 2 amide bonds. The lowest BCUT2D eigenvalue weighted by molar-refractivity contribution is -0.139. The maximum Gasteiger partial charge on any atom is 0.326 e. The summed E-state index contributed by atoms with van der Waals surface area (Å²) in [6, 6.07) is 2.11. The Hall–Kier alpha value is -2.15. The van der Waals surface area contributed by atoms with Gasteiger partial charge in [0.05, 0.1) is 9.88 Å². The van der Waals surface area contributed by atoms with E-state index in [1.807, 2.05) is 0 Å². The molecule has 0 aliphatic rings. The third kappa shape index (κ3) is 4.55. The van der Waals surface area contributed by atoms with Crippen molar-refractivity contribution in [2.24, 2.45) is 0 Å². The van der Waals surface area contributed by atoms with Gasteiger partial charge in [0.25, 0.3) is 5.91 Å². The number of amides is 2. The largest absolute Gasteiger partial charge is 0.480 e. The van der Waals surface area contributed by atoms with E-state index in [-0.39, 0.29) is 12.3 Å². The average Bonchev–Trinajstić information content (AvgIpc) is 2.75. The van der Waals surface area contributed by atoms with Crippen LogP contribution in [0.2, 0.25) is 0 Å². The second-order valence-electron chi connectivity index (χ2n) is 3.73. The van der Waals surface area contributed by atoms with Gasteiger partial charge >= 0.3 is 5.97 Å². The number of carboxylic acids is 1. The van der Waals surface area contributed by atoms with Gasteiger partial charge in [-0.05, 0) is 18.6 Å². The molecule has 0 saturated carbocycles. The van der Waals surface area contributed by atoms with Gasteiger partial charge in [-0.25, -0.2) is 4.79 Å². The lowest BCUT2D eigenvalue weighted by Gasteiger charge is -2.11. The van der Waals surface area contributed by atoms with Crippen LogP contribution in [0.25, 0.3) is 0 Å². The molecular weight excluding hydrogens is 268 g/mol. The molecule has 102 valence electrons. The first-order valence-corrected chi connectivity index (χ1v) is 6.27. The molecule has 0 saturated heterocycles. The zero-order valence-electron chi connectivity index (χ0n) is 10.3. The van der Waals surface area contributed by atoms with Gasteiger partial charge in [-0.1, -0.05) is 6.08 Å². The first kappa shape index (κ1) is 14.9. The number of aliphatic carboxylic acids is 1. The van der Waals surface area contributed by atoms with Crippen LogP contribution in [0.4, 0.5) is 5.00 Å². The molecule has 0 spiro atoms. The first-order valence-electron chi connectivity index (χ1n) is 5.46. The summed E-state index contributed by atoms with van der Waals surface area (Å²) in [7, 11) is 0. The molecule has 0 fully saturated rings. The highest BCUT2D eigenvalue weighted by Gasteiger charge is 2.20. The average molecular weight is 282 g/mol. The SMILES string of the molecule is C=CCC(NC(=O)c1ccc(NC(C)=O)s1)C(=O)O. The number of thiophene rings is 1. The molecule has 0 aromatic carbocycles. The van der Waals surface area contributed by atoms with Gasteiger partial charge in [0, 0.05) is 6.92 Å². The Morgan fingerprint density at radius 1 is 1.47 bits per heavy atom. The van der Waals surface area contributed by atoms with Crippen LogP contribution in [0.3, 0.4) is 0 Å². The number of nitrogens with one attached hydrogen (secondary N) is 2. The molecule has 3 N–H and O–H groups in total. The van der Waals surface area contributed by atoms with Crippen molar-refractivity contribution in [1.29, 1.82) is 0 Å². The molecule has 0 aliphatic carbocycles. The van der Waals surface area contributed by atoms with Crippen LogP contribution in [0, 0.1) is 0 Å². The topological polar surface area (TPSA) is 95.5 Å². The maximum absolute atomic E-state index is 11.8. The van der Waals surface area contributed by atoms with Gasteiger partial charge in [0.2, 0.25) is 5.91 Å². The molecule has 1 aromatic heterocycles. The molecule has 19 heavy (non-hydrogen) atoms. The van der Waals surface area contributed by atoms with Crippen LogP contribution >= 0.6 is 11.3 Å². The molecule has 7 heteroatoms. The maximum atomic E-state index is 11.8. The number of anilines is 1. The Kier molecular flexibility index (Phi) is 5.25. The van der Waals surface area contributed by atoms with Gasteiger partial charge < -0.3 is 15.7 Å².